The van der Waals surface area contributed by atoms with Gasteiger partial charge in [-0.3, -0.25) is 9.59 Å². The predicted molar refractivity (Wildman–Crippen MR) is 92.7 cm³/mol. The van der Waals surface area contributed by atoms with Crippen molar-refractivity contribution in [3.05, 3.63) is 29.8 Å². The van der Waals surface area contributed by atoms with E-state index in [9.17, 15) is 23.1 Å². The number of carbonyl (C=O) groups excluding carboxylic acids is 1. The summed E-state index contributed by atoms with van der Waals surface area (Å²) in [7, 11) is -3.68. The highest BCUT2D eigenvalue weighted by atomic mass is 32.2. The summed E-state index contributed by atoms with van der Waals surface area (Å²) in [5.74, 6) is -1.72. The number of carboxylic acids is 1. The van der Waals surface area contributed by atoms with Crippen LogP contribution in [0, 0.1) is 11.8 Å². The van der Waals surface area contributed by atoms with Crippen molar-refractivity contribution in [1.82, 2.24) is 9.62 Å². The number of sulfonamides is 1. The molecule has 138 valence electrons. The number of hydrogen-bond acceptors (Lipinski definition) is 4. The molecule has 1 aromatic rings. The van der Waals surface area contributed by atoms with Gasteiger partial charge >= 0.3 is 5.97 Å². The van der Waals surface area contributed by atoms with Crippen LogP contribution >= 0.6 is 0 Å². The first-order valence-corrected chi connectivity index (χ1v) is 9.74. The number of carbonyl (C=O) groups is 2. The average Bonchev–Trinajstić information content (AvgIpc) is 2.52. The van der Waals surface area contributed by atoms with Crippen molar-refractivity contribution < 1.29 is 23.1 Å². The lowest BCUT2D eigenvalue weighted by atomic mass is 9.87. The van der Waals surface area contributed by atoms with Gasteiger partial charge in [-0.25, -0.2) is 13.1 Å². The Bertz CT molecular complexity index is 760. The first-order valence-electron chi connectivity index (χ1n) is 8.26. The van der Waals surface area contributed by atoms with Crippen molar-refractivity contribution in [2.45, 2.75) is 38.1 Å². The summed E-state index contributed by atoms with van der Waals surface area (Å²) in [6.07, 6.45) is 0.398. The molecule has 0 radical (unpaired) electrons. The van der Waals surface area contributed by atoms with Gasteiger partial charge in [-0.2, -0.15) is 0 Å². The maximum absolute atomic E-state index is 12.7. The van der Waals surface area contributed by atoms with Crippen LogP contribution in [0.3, 0.4) is 0 Å². The van der Waals surface area contributed by atoms with E-state index in [2.05, 4.69) is 4.72 Å². The Hall–Kier alpha value is -1.93. The molecule has 7 nitrogen and oxygen atoms in total. The van der Waals surface area contributed by atoms with Gasteiger partial charge in [0.25, 0.3) is 5.91 Å². The van der Waals surface area contributed by atoms with Gasteiger partial charge in [-0.15, -0.1) is 0 Å². The first-order chi connectivity index (χ1) is 11.6. The highest BCUT2D eigenvalue weighted by Gasteiger charge is 2.33. The second-order valence-corrected chi connectivity index (χ2v) is 8.48. The van der Waals surface area contributed by atoms with Gasteiger partial charge in [0.15, 0.2) is 0 Å². The zero-order chi connectivity index (χ0) is 18.8. The number of benzene rings is 1. The lowest BCUT2D eigenvalue weighted by molar-refractivity contribution is -0.145. The molecule has 1 aliphatic rings. The Balaban J connectivity index is 2.18. The molecule has 25 heavy (non-hydrogen) atoms. The summed E-state index contributed by atoms with van der Waals surface area (Å²) in [5, 5.41) is 9.17. The molecule has 1 heterocycles. The summed E-state index contributed by atoms with van der Waals surface area (Å²) < 4.78 is 27.0. The quantitative estimate of drug-likeness (QED) is 0.821. The fourth-order valence-corrected chi connectivity index (χ4v) is 4.35. The minimum Gasteiger partial charge on any atom is -0.481 e. The second-order valence-electron chi connectivity index (χ2n) is 6.77. The average molecular weight is 368 g/mol. The standard InChI is InChI=1S/C17H24N2O5S/c1-11(2)18-25(23,24)14-6-4-5-13(9-14)16(20)19-8-7-15(17(21)22)12(3)10-19/h4-6,9,11-12,15,18H,7-8,10H2,1-3H3,(H,21,22). The van der Waals surface area contributed by atoms with Gasteiger partial charge in [-0.05, 0) is 44.4 Å². The lowest BCUT2D eigenvalue weighted by Gasteiger charge is -2.35. The molecule has 1 saturated heterocycles. The molecule has 0 aromatic heterocycles. The van der Waals surface area contributed by atoms with Crippen LogP contribution in [-0.4, -0.2) is 49.4 Å². The summed E-state index contributed by atoms with van der Waals surface area (Å²) >= 11 is 0. The number of hydrogen-bond donors (Lipinski definition) is 2. The van der Waals surface area contributed by atoms with Crippen molar-refractivity contribution in [1.29, 1.82) is 0 Å². The smallest absolute Gasteiger partial charge is 0.306 e. The van der Waals surface area contributed by atoms with E-state index in [0.29, 0.717) is 19.5 Å². The van der Waals surface area contributed by atoms with E-state index >= 15 is 0 Å². The van der Waals surface area contributed by atoms with E-state index in [1.807, 2.05) is 6.92 Å². The van der Waals surface area contributed by atoms with E-state index < -0.39 is 21.9 Å². The summed E-state index contributed by atoms with van der Waals surface area (Å²) in [6, 6.07) is 5.67. The third kappa shape index (κ3) is 4.58. The fraction of sp³-hybridized carbons (Fsp3) is 0.529. The van der Waals surface area contributed by atoms with E-state index in [1.165, 1.54) is 18.2 Å². The number of aliphatic carboxylic acids is 1. The number of amides is 1. The Morgan fingerprint density at radius 3 is 2.56 bits per heavy atom. The number of nitrogens with one attached hydrogen (secondary N) is 1. The van der Waals surface area contributed by atoms with Gasteiger partial charge in [0, 0.05) is 24.7 Å². The molecular weight excluding hydrogens is 344 g/mol. The van der Waals surface area contributed by atoms with Crippen LogP contribution in [0.4, 0.5) is 0 Å². The molecular formula is C17H24N2O5S. The monoisotopic (exact) mass is 368 g/mol. The van der Waals surface area contributed by atoms with Crippen molar-refractivity contribution in [2.75, 3.05) is 13.1 Å². The van der Waals surface area contributed by atoms with Crippen molar-refractivity contribution in [3.8, 4) is 0 Å². The molecule has 0 bridgehead atoms. The highest BCUT2D eigenvalue weighted by molar-refractivity contribution is 7.89. The molecule has 1 fully saturated rings. The highest BCUT2D eigenvalue weighted by Crippen LogP contribution is 2.25. The van der Waals surface area contributed by atoms with Crippen LogP contribution in [0.5, 0.6) is 0 Å². The minimum atomic E-state index is -3.68. The van der Waals surface area contributed by atoms with Crippen molar-refractivity contribution in [2.24, 2.45) is 11.8 Å². The molecule has 1 amide bonds. The molecule has 8 heteroatoms. The van der Waals surface area contributed by atoms with E-state index in [4.69, 9.17) is 0 Å². The third-order valence-corrected chi connectivity index (χ3v) is 5.95. The normalized spacial score (nSPS) is 21.4. The number of carboxylic acid groups (broad SMARTS) is 1. The van der Waals surface area contributed by atoms with Gasteiger partial charge < -0.3 is 10.0 Å². The lowest BCUT2D eigenvalue weighted by Crippen LogP contribution is -2.45. The third-order valence-electron chi connectivity index (χ3n) is 4.29. The SMILES string of the molecule is CC(C)NS(=O)(=O)c1cccc(C(=O)N2CCC(C(=O)O)C(C)C2)c1. The Kier molecular flexibility index (Phi) is 5.84. The Morgan fingerprint density at radius 2 is 2.00 bits per heavy atom. The van der Waals surface area contributed by atoms with E-state index in [-0.39, 0.29) is 28.3 Å². The molecule has 1 aliphatic heterocycles. The molecule has 1 aromatic carbocycles. The number of rotatable bonds is 5. The van der Waals surface area contributed by atoms with Gasteiger partial charge in [0.05, 0.1) is 10.8 Å². The molecule has 2 atom stereocenters. The van der Waals surface area contributed by atoms with Gasteiger partial charge in [0.1, 0.15) is 0 Å². The molecule has 2 unspecified atom stereocenters. The largest absolute Gasteiger partial charge is 0.481 e. The molecule has 0 spiro atoms. The summed E-state index contributed by atoms with van der Waals surface area (Å²) in [4.78, 5) is 25.5. The van der Waals surface area contributed by atoms with Crippen molar-refractivity contribution in [3.63, 3.8) is 0 Å². The van der Waals surface area contributed by atoms with Crippen LogP contribution in [-0.2, 0) is 14.8 Å². The predicted octanol–water partition coefficient (Wildman–Crippen LogP) is 1.56. The summed E-state index contributed by atoms with van der Waals surface area (Å²) in [5.41, 5.74) is 0.285. The molecule has 0 aliphatic carbocycles. The minimum absolute atomic E-state index is 0.0421. The van der Waals surface area contributed by atoms with Crippen LogP contribution in [0.15, 0.2) is 29.2 Å². The Labute approximate surface area is 148 Å². The summed E-state index contributed by atoms with van der Waals surface area (Å²) in [6.45, 7) is 5.95. The topological polar surface area (TPSA) is 104 Å². The van der Waals surface area contributed by atoms with Gasteiger partial charge in [-0.1, -0.05) is 13.0 Å². The Morgan fingerprint density at radius 1 is 1.32 bits per heavy atom. The molecule has 0 saturated carbocycles. The zero-order valence-electron chi connectivity index (χ0n) is 14.6. The second kappa shape index (κ2) is 7.53. The maximum Gasteiger partial charge on any atom is 0.306 e. The zero-order valence-corrected chi connectivity index (χ0v) is 15.4. The van der Waals surface area contributed by atoms with Crippen LogP contribution in [0.25, 0.3) is 0 Å². The number of likely N-dealkylation sites (tertiary alicyclic amines) is 1. The van der Waals surface area contributed by atoms with Crippen molar-refractivity contribution >= 4 is 21.9 Å². The maximum atomic E-state index is 12.7. The number of nitrogens with zero attached hydrogens (tertiary/aromatic N) is 1. The fourth-order valence-electron chi connectivity index (χ4n) is 3.05. The van der Waals surface area contributed by atoms with Crippen LogP contribution in [0.2, 0.25) is 0 Å². The molecule has 2 N–H and O–H groups in total. The van der Waals surface area contributed by atoms with E-state index in [1.54, 1.807) is 24.8 Å². The van der Waals surface area contributed by atoms with Crippen LogP contribution < -0.4 is 4.72 Å². The molecule has 2 rings (SSSR count). The van der Waals surface area contributed by atoms with Crippen LogP contribution in [0.1, 0.15) is 37.6 Å². The van der Waals surface area contributed by atoms with Gasteiger partial charge in [0.2, 0.25) is 10.0 Å². The van der Waals surface area contributed by atoms with E-state index in [0.717, 1.165) is 0 Å². The first kappa shape index (κ1) is 19.4. The number of piperidine rings is 1.